The maximum absolute atomic E-state index is 11.7. The first-order chi connectivity index (χ1) is 12.1. The lowest BCUT2D eigenvalue weighted by molar-refractivity contribution is -0.128. The lowest BCUT2D eigenvalue weighted by Gasteiger charge is -2.08. The highest BCUT2D eigenvalue weighted by Gasteiger charge is 2.04. The zero-order chi connectivity index (χ0) is 18.1. The molecule has 0 aromatic heterocycles. The monoisotopic (exact) mass is 338 g/mol. The number of rotatable bonds is 6. The van der Waals surface area contributed by atoms with E-state index in [4.69, 9.17) is 4.74 Å². The van der Waals surface area contributed by atoms with Crippen LogP contribution in [0, 0.1) is 6.92 Å². The molecule has 0 aliphatic rings. The van der Waals surface area contributed by atoms with Crippen LogP contribution in [0.2, 0.25) is 0 Å². The number of amides is 2. The van der Waals surface area contributed by atoms with Crippen LogP contribution < -0.4 is 15.6 Å². The third-order valence-electron chi connectivity index (χ3n) is 3.53. The summed E-state index contributed by atoms with van der Waals surface area (Å²) in [7, 11) is 0. The van der Waals surface area contributed by atoms with Gasteiger partial charge in [-0.25, -0.2) is 0 Å². The minimum absolute atomic E-state index is 0.173. The van der Waals surface area contributed by atoms with Crippen LogP contribution in [-0.4, -0.2) is 18.4 Å². The molecule has 2 rings (SSSR count). The zero-order valence-electron chi connectivity index (χ0n) is 14.4. The van der Waals surface area contributed by atoms with Gasteiger partial charge in [0.2, 0.25) is 0 Å². The van der Waals surface area contributed by atoms with Crippen molar-refractivity contribution < 1.29 is 14.3 Å². The van der Waals surface area contributed by atoms with Gasteiger partial charge in [0.25, 0.3) is 11.8 Å². The first-order valence-electron chi connectivity index (χ1n) is 8.12. The predicted molar refractivity (Wildman–Crippen MR) is 97.8 cm³/mol. The summed E-state index contributed by atoms with van der Waals surface area (Å²) in [5.41, 5.74) is 7.88. The molecule has 0 atom stereocenters. The largest absolute Gasteiger partial charge is 0.484 e. The molecule has 0 saturated heterocycles. The molecular weight excluding hydrogens is 316 g/mol. The molecule has 0 unspecified atom stereocenters. The van der Waals surface area contributed by atoms with Gasteiger partial charge in [0.15, 0.2) is 6.61 Å². The Morgan fingerprint density at radius 2 is 1.68 bits per heavy atom. The molecule has 5 heteroatoms. The van der Waals surface area contributed by atoms with Gasteiger partial charge >= 0.3 is 0 Å². The summed E-state index contributed by atoms with van der Waals surface area (Å²) >= 11 is 0. The topological polar surface area (TPSA) is 67.4 Å². The fourth-order valence-electron chi connectivity index (χ4n) is 2.03. The third-order valence-corrected chi connectivity index (χ3v) is 3.53. The van der Waals surface area contributed by atoms with Crippen molar-refractivity contribution in [2.45, 2.75) is 20.3 Å². The van der Waals surface area contributed by atoms with Crippen LogP contribution in [0.15, 0.2) is 54.6 Å². The van der Waals surface area contributed by atoms with E-state index in [1.54, 1.807) is 6.08 Å². The summed E-state index contributed by atoms with van der Waals surface area (Å²) < 4.78 is 5.36. The van der Waals surface area contributed by atoms with Gasteiger partial charge in [-0.05, 0) is 42.7 Å². The Kier molecular flexibility index (Phi) is 6.77. The summed E-state index contributed by atoms with van der Waals surface area (Å²) in [5.74, 6) is -0.240. The zero-order valence-corrected chi connectivity index (χ0v) is 14.4. The fourth-order valence-corrected chi connectivity index (χ4v) is 2.03. The molecule has 25 heavy (non-hydrogen) atoms. The summed E-state index contributed by atoms with van der Waals surface area (Å²) in [5, 5.41) is 0. The number of hydrogen-bond donors (Lipinski definition) is 2. The molecule has 0 spiro atoms. The van der Waals surface area contributed by atoms with Gasteiger partial charge in [0, 0.05) is 6.08 Å². The van der Waals surface area contributed by atoms with Gasteiger partial charge < -0.3 is 4.74 Å². The second-order valence-corrected chi connectivity index (χ2v) is 5.57. The second kappa shape index (κ2) is 9.27. The van der Waals surface area contributed by atoms with E-state index in [0.717, 1.165) is 17.5 Å². The highest BCUT2D eigenvalue weighted by molar-refractivity contribution is 5.93. The van der Waals surface area contributed by atoms with Crippen molar-refractivity contribution >= 4 is 17.9 Å². The van der Waals surface area contributed by atoms with Gasteiger partial charge in [-0.3, -0.25) is 20.4 Å². The fraction of sp³-hybridized carbons (Fsp3) is 0.200. The average molecular weight is 338 g/mol. The second-order valence-electron chi connectivity index (χ2n) is 5.57. The molecule has 0 heterocycles. The van der Waals surface area contributed by atoms with Crippen LogP contribution in [0.4, 0.5) is 0 Å². The van der Waals surface area contributed by atoms with Gasteiger partial charge in [0.1, 0.15) is 5.75 Å². The van der Waals surface area contributed by atoms with Crippen LogP contribution in [0.1, 0.15) is 23.6 Å². The van der Waals surface area contributed by atoms with Gasteiger partial charge in [0.05, 0.1) is 0 Å². The smallest absolute Gasteiger partial charge is 0.276 e. The lowest BCUT2D eigenvalue weighted by atomic mass is 10.1. The van der Waals surface area contributed by atoms with Crippen molar-refractivity contribution in [1.82, 2.24) is 10.9 Å². The number of hydrazine groups is 1. The first-order valence-corrected chi connectivity index (χ1v) is 8.12. The highest BCUT2D eigenvalue weighted by atomic mass is 16.5. The van der Waals surface area contributed by atoms with Crippen molar-refractivity contribution in [2.75, 3.05) is 6.61 Å². The van der Waals surface area contributed by atoms with Crippen molar-refractivity contribution in [2.24, 2.45) is 0 Å². The third kappa shape index (κ3) is 6.51. The molecule has 0 radical (unpaired) electrons. The minimum Gasteiger partial charge on any atom is -0.484 e. The lowest BCUT2D eigenvalue weighted by Crippen LogP contribution is -2.43. The standard InChI is InChI=1S/C20H22N2O3/c1-3-16-8-11-18(12-9-16)25-14-20(24)22-21-19(23)13-10-17-6-4-15(2)5-7-17/h4-13H,3,14H2,1-2H3,(H,21,23)(H,22,24)/b13-10+. The molecule has 0 saturated carbocycles. The summed E-state index contributed by atoms with van der Waals surface area (Å²) in [6, 6.07) is 15.3. The highest BCUT2D eigenvalue weighted by Crippen LogP contribution is 2.12. The molecule has 0 aliphatic heterocycles. The van der Waals surface area contributed by atoms with E-state index in [-0.39, 0.29) is 6.61 Å². The van der Waals surface area contributed by atoms with E-state index in [1.165, 1.54) is 11.6 Å². The Morgan fingerprint density at radius 1 is 1.00 bits per heavy atom. The van der Waals surface area contributed by atoms with E-state index >= 15 is 0 Å². The van der Waals surface area contributed by atoms with Gasteiger partial charge in [-0.1, -0.05) is 48.9 Å². The number of aryl methyl sites for hydroxylation is 2. The van der Waals surface area contributed by atoms with Crippen LogP contribution >= 0.6 is 0 Å². The van der Waals surface area contributed by atoms with Crippen molar-refractivity contribution in [3.05, 3.63) is 71.3 Å². The van der Waals surface area contributed by atoms with Crippen LogP contribution in [-0.2, 0) is 16.0 Å². The molecule has 130 valence electrons. The number of benzene rings is 2. The normalized spacial score (nSPS) is 10.5. The predicted octanol–water partition coefficient (Wildman–Crippen LogP) is 2.80. The van der Waals surface area contributed by atoms with E-state index in [9.17, 15) is 9.59 Å². The van der Waals surface area contributed by atoms with E-state index in [0.29, 0.717) is 5.75 Å². The summed E-state index contributed by atoms with van der Waals surface area (Å²) in [6.07, 6.45) is 3.98. The molecule has 2 N–H and O–H groups in total. The molecule has 5 nitrogen and oxygen atoms in total. The van der Waals surface area contributed by atoms with Crippen molar-refractivity contribution in [1.29, 1.82) is 0 Å². The van der Waals surface area contributed by atoms with Gasteiger partial charge in [-0.2, -0.15) is 0 Å². The molecule has 2 aromatic carbocycles. The molecule has 0 bridgehead atoms. The van der Waals surface area contributed by atoms with E-state index in [1.807, 2.05) is 55.5 Å². The van der Waals surface area contributed by atoms with Crippen molar-refractivity contribution in [3.8, 4) is 5.75 Å². The number of ether oxygens (including phenoxy) is 1. The van der Waals surface area contributed by atoms with E-state index in [2.05, 4.69) is 17.8 Å². The Labute approximate surface area is 147 Å². The summed E-state index contributed by atoms with van der Waals surface area (Å²) in [6.45, 7) is 3.89. The Hall–Kier alpha value is -3.08. The van der Waals surface area contributed by atoms with Crippen LogP contribution in [0.5, 0.6) is 5.75 Å². The minimum atomic E-state index is -0.434. The maximum Gasteiger partial charge on any atom is 0.276 e. The molecule has 2 amide bonds. The SMILES string of the molecule is CCc1ccc(OCC(=O)NNC(=O)/C=C/c2ccc(C)cc2)cc1. The van der Waals surface area contributed by atoms with Crippen molar-refractivity contribution in [3.63, 3.8) is 0 Å². The Balaban J connectivity index is 1.71. The van der Waals surface area contributed by atoms with Crippen LogP contribution in [0.25, 0.3) is 6.08 Å². The van der Waals surface area contributed by atoms with E-state index < -0.39 is 11.8 Å². The van der Waals surface area contributed by atoms with Gasteiger partial charge in [-0.15, -0.1) is 0 Å². The number of nitrogens with one attached hydrogen (secondary N) is 2. The maximum atomic E-state index is 11.7. The number of carbonyl (C=O) groups excluding carboxylic acids is 2. The Bertz CT molecular complexity index is 735. The molecule has 2 aromatic rings. The molecule has 0 fully saturated rings. The molecular formula is C20H22N2O3. The molecule has 0 aliphatic carbocycles. The van der Waals surface area contributed by atoms with Crippen LogP contribution in [0.3, 0.4) is 0 Å². The average Bonchev–Trinajstić information content (AvgIpc) is 2.64. The first kappa shape index (κ1) is 18.3. The number of hydrogen-bond acceptors (Lipinski definition) is 3. The quantitative estimate of drug-likeness (QED) is 0.629. The summed E-state index contributed by atoms with van der Waals surface area (Å²) in [4.78, 5) is 23.4. The Morgan fingerprint density at radius 3 is 2.32 bits per heavy atom. The number of carbonyl (C=O) groups is 2.